The van der Waals surface area contributed by atoms with Gasteiger partial charge in [-0.15, -0.1) is 0 Å². The van der Waals surface area contributed by atoms with Gasteiger partial charge in [-0.05, 0) is 48.7 Å². The molecule has 0 saturated heterocycles. The van der Waals surface area contributed by atoms with Crippen LogP contribution in [0.2, 0.25) is 0 Å². The van der Waals surface area contributed by atoms with Crippen LogP contribution in [0.3, 0.4) is 0 Å². The molecular formula is C28H22Br2N2O2. The summed E-state index contributed by atoms with van der Waals surface area (Å²) < 4.78 is 1.81. The Morgan fingerprint density at radius 2 is 1.65 bits per heavy atom. The minimum Gasteiger partial charge on any atom is -0.507 e. The molecule has 3 aromatic rings. The molecule has 1 atom stereocenters. The number of amidine groups is 1. The van der Waals surface area contributed by atoms with E-state index in [1.807, 2.05) is 83.8 Å². The quantitative estimate of drug-likeness (QED) is 0.312. The van der Waals surface area contributed by atoms with Gasteiger partial charge in [-0.25, -0.2) is 0 Å². The Labute approximate surface area is 215 Å². The van der Waals surface area contributed by atoms with E-state index in [0.717, 1.165) is 32.3 Å². The molecule has 1 aliphatic heterocycles. The maximum atomic E-state index is 13.5. The van der Waals surface area contributed by atoms with Crippen molar-refractivity contribution in [3.8, 4) is 0 Å². The molecule has 0 radical (unpaired) electrons. The molecule has 0 bridgehead atoms. The third kappa shape index (κ3) is 4.05. The Morgan fingerprint density at radius 3 is 2.35 bits per heavy atom. The summed E-state index contributed by atoms with van der Waals surface area (Å²) in [6.45, 7) is 0. The standard InChI is InChI=1S/C28H22Br2N2O2/c29-19-14-12-17(13-15-19)24-25-22(10-5-11-23(25)33)32(21-9-4-8-20(30)16-21)28(31)26(24)27(34)18-6-2-1-3-7-18/h1-4,6-9,12-16,24,31,34H,5,10-11H2/b27-26+,31-28?/t24-/m1/s1. The number of aliphatic hydroxyl groups is 1. The van der Waals surface area contributed by atoms with E-state index in [4.69, 9.17) is 0 Å². The number of Topliss-reactive ketones (excluding diaryl/α,β-unsaturated/α-hetero) is 1. The van der Waals surface area contributed by atoms with Gasteiger partial charge in [0.15, 0.2) is 5.78 Å². The van der Waals surface area contributed by atoms with Crippen molar-refractivity contribution in [1.29, 1.82) is 5.41 Å². The highest BCUT2D eigenvalue weighted by Crippen LogP contribution is 2.48. The predicted molar refractivity (Wildman–Crippen MR) is 143 cm³/mol. The first kappa shape index (κ1) is 22.8. The number of hydrogen-bond acceptors (Lipinski definition) is 3. The monoisotopic (exact) mass is 576 g/mol. The van der Waals surface area contributed by atoms with Gasteiger partial charge in [-0.2, -0.15) is 0 Å². The van der Waals surface area contributed by atoms with Crippen LogP contribution < -0.4 is 4.90 Å². The average molecular weight is 578 g/mol. The van der Waals surface area contributed by atoms with Gasteiger partial charge < -0.3 is 5.11 Å². The molecule has 1 aliphatic carbocycles. The number of carbonyl (C=O) groups excluding carboxylic acids is 1. The van der Waals surface area contributed by atoms with Crippen LogP contribution in [0.1, 0.15) is 36.3 Å². The molecule has 34 heavy (non-hydrogen) atoms. The number of allylic oxidation sites excluding steroid dienone is 2. The third-order valence-electron chi connectivity index (χ3n) is 6.33. The topological polar surface area (TPSA) is 64.4 Å². The van der Waals surface area contributed by atoms with Gasteiger partial charge in [0, 0.05) is 49.4 Å². The van der Waals surface area contributed by atoms with Gasteiger partial charge in [0.05, 0.1) is 0 Å². The van der Waals surface area contributed by atoms with E-state index in [1.54, 1.807) is 0 Å². The number of hydrogen-bond donors (Lipinski definition) is 2. The normalized spacial score (nSPS) is 19.8. The number of nitrogens with zero attached hydrogens (tertiary/aromatic N) is 1. The molecule has 0 amide bonds. The Balaban J connectivity index is 1.83. The minimum atomic E-state index is -0.521. The number of aliphatic hydroxyl groups excluding tert-OH is 1. The van der Waals surface area contributed by atoms with Gasteiger partial charge in [0.2, 0.25) is 0 Å². The summed E-state index contributed by atoms with van der Waals surface area (Å²) in [5.74, 6) is -0.253. The van der Waals surface area contributed by atoms with Crippen molar-refractivity contribution < 1.29 is 9.90 Å². The fourth-order valence-electron chi connectivity index (χ4n) is 4.83. The van der Waals surface area contributed by atoms with Crippen LogP contribution in [-0.4, -0.2) is 16.7 Å². The Bertz CT molecular complexity index is 1340. The summed E-state index contributed by atoms with van der Waals surface area (Å²) >= 11 is 7.03. The highest BCUT2D eigenvalue weighted by Gasteiger charge is 2.43. The maximum absolute atomic E-state index is 13.5. The number of carbonyl (C=O) groups is 1. The van der Waals surface area contributed by atoms with Crippen molar-refractivity contribution in [2.24, 2.45) is 0 Å². The van der Waals surface area contributed by atoms with Crippen molar-refractivity contribution in [2.75, 3.05) is 4.90 Å². The van der Waals surface area contributed by atoms with E-state index >= 15 is 0 Å². The molecule has 3 aromatic carbocycles. The summed E-state index contributed by atoms with van der Waals surface area (Å²) in [5, 5.41) is 20.9. The lowest BCUT2D eigenvalue weighted by Crippen LogP contribution is -2.42. The molecule has 1 heterocycles. The highest BCUT2D eigenvalue weighted by atomic mass is 79.9. The van der Waals surface area contributed by atoms with Crippen LogP contribution >= 0.6 is 31.9 Å². The van der Waals surface area contributed by atoms with Crippen molar-refractivity contribution in [3.63, 3.8) is 0 Å². The van der Waals surface area contributed by atoms with Gasteiger partial charge >= 0.3 is 0 Å². The van der Waals surface area contributed by atoms with E-state index in [2.05, 4.69) is 31.9 Å². The summed E-state index contributed by atoms with van der Waals surface area (Å²) in [7, 11) is 0. The minimum absolute atomic E-state index is 0.0171. The molecule has 2 aliphatic rings. The first-order valence-corrected chi connectivity index (χ1v) is 12.7. The predicted octanol–water partition coefficient (Wildman–Crippen LogP) is 7.77. The zero-order valence-corrected chi connectivity index (χ0v) is 21.4. The average Bonchev–Trinajstić information content (AvgIpc) is 2.84. The van der Waals surface area contributed by atoms with Gasteiger partial charge in [-0.3, -0.25) is 15.1 Å². The van der Waals surface area contributed by atoms with Crippen molar-refractivity contribution in [2.45, 2.75) is 25.2 Å². The number of rotatable bonds is 3. The first-order chi connectivity index (χ1) is 16.5. The first-order valence-electron chi connectivity index (χ1n) is 11.1. The zero-order chi connectivity index (χ0) is 23.8. The molecule has 4 nitrogen and oxygen atoms in total. The van der Waals surface area contributed by atoms with Gasteiger partial charge in [0.1, 0.15) is 11.6 Å². The second-order valence-corrected chi connectivity index (χ2v) is 10.2. The molecule has 0 aromatic heterocycles. The number of halogens is 2. The second-order valence-electron chi connectivity index (χ2n) is 8.41. The summed E-state index contributed by atoms with van der Waals surface area (Å²) in [6, 6.07) is 24.8. The molecule has 0 saturated carbocycles. The summed E-state index contributed by atoms with van der Waals surface area (Å²) in [5.41, 5.74) is 4.23. The number of benzene rings is 3. The Hall–Kier alpha value is -2.96. The Kier molecular flexibility index (Phi) is 6.28. The van der Waals surface area contributed by atoms with Gasteiger partial charge in [-0.1, -0.05) is 80.4 Å². The lowest BCUT2D eigenvalue weighted by Gasteiger charge is -2.41. The lowest BCUT2D eigenvalue weighted by molar-refractivity contribution is -0.116. The van der Waals surface area contributed by atoms with Crippen molar-refractivity contribution in [1.82, 2.24) is 0 Å². The van der Waals surface area contributed by atoms with E-state index in [9.17, 15) is 15.3 Å². The molecule has 2 N–H and O–H groups in total. The van der Waals surface area contributed by atoms with E-state index < -0.39 is 5.92 Å². The Morgan fingerprint density at radius 1 is 0.912 bits per heavy atom. The lowest BCUT2D eigenvalue weighted by atomic mass is 9.73. The van der Waals surface area contributed by atoms with E-state index in [0.29, 0.717) is 29.6 Å². The van der Waals surface area contributed by atoms with Crippen molar-refractivity contribution in [3.05, 3.63) is 116 Å². The van der Waals surface area contributed by atoms with Crippen LogP contribution in [0.4, 0.5) is 5.69 Å². The molecule has 170 valence electrons. The third-order valence-corrected chi connectivity index (χ3v) is 7.35. The molecule has 0 fully saturated rings. The van der Waals surface area contributed by atoms with Crippen molar-refractivity contribution >= 4 is 54.9 Å². The highest BCUT2D eigenvalue weighted by molar-refractivity contribution is 9.10. The molecule has 0 unspecified atom stereocenters. The summed E-state index contributed by atoms with van der Waals surface area (Å²) in [6.07, 6.45) is 1.90. The maximum Gasteiger partial charge on any atom is 0.161 e. The SMILES string of the molecule is N=C1/C(=C(/O)c2ccccc2)[C@H](c2ccc(Br)cc2)C2=C(CCCC2=O)N1c1cccc(Br)c1. The van der Waals surface area contributed by atoms with Crippen LogP contribution in [0.5, 0.6) is 0 Å². The van der Waals surface area contributed by atoms with Crippen LogP contribution in [0, 0.1) is 5.41 Å². The van der Waals surface area contributed by atoms with E-state index in [-0.39, 0.29) is 17.4 Å². The molecule has 5 rings (SSSR count). The largest absolute Gasteiger partial charge is 0.507 e. The summed E-state index contributed by atoms with van der Waals surface area (Å²) in [4.78, 5) is 15.3. The second kappa shape index (κ2) is 9.35. The fraction of sp³-hybridized carbons (Fsp3) is 0.143. The molecular weight excluding hydrogens is 556 g/mol. The molecule has 6 heteroatoms. The van der Waals surface area contributed by atoms with E-state index in [1.165, 1.54) is 0 Å². The molecule has 0 spiro atoms. The number of anilines is 1. The van der Waals surface area contributed by atoms with Crippen LogP contribution in [-0.2, 0) is 4.79 Å². The van der Waals surface area contributed by atoms with Gasteiger partial charge in [0.25, 0.3) is 0 Å². The number of nitrogens with one attached hydrogen (secondary N) is 1. The van der Waals surface area contributed by atoms with Crippen LogP contribution in [0.15, 0.2) is 105 Å². The van der Waals surface area contributed by atoms with Crippen LogP contribution in [0.25, 0.3) is 5.76 Å². The fourth-order valence-corrected chi connectivity index (χ4v) is 5.48. The zero-order valence-electron chi connectivity index (χ0n) is 18.3. The smallest absolute Gasteiger partial charge is 0.161 e. The number of ketones is 1.